The van der Waals surface area contributed by atoms with Gasteiger partial charge in [-0.05, 0) is 75.5 Å². The van der Waals surface area contributed by atoms with Gasteiger partial charge in [-0.25, -0.2) is 4.39 Å². The van der Waals surface area contributed by atoms with Crippen molar-refractivity contribution in [3.63, 3.8) is 0 Å². The van der Waals surface area contributed by atoms with Gasteiger partial charge in [-0.2, -0.15) is 0 Å². The van der Waals surface area contributed by atoms with Gasteiger partial charge in [0.2, 0.25) is 0 Å². The first-order valence-electron chi connectivity index (χ1n) is 10.2. The Morgan fingerprint density at radius 1 is 1.14 bits per heavy atom. The summed E-state index contributed by atoms with van der Waals surface area (Å²) >= 11 is 0. The first-order valence-corrected chi connectivity index (χ1v) is 10.2. The third-order valence-electron chi connectivity index (χ3n) is 6.18. The van der Waals surface area contributed by atoms with Crippen LogP contribution in [0.25, 0.3) is 0 Å². The average Bonchev–Trinajstić information content (AvgIpc) is 3.32. The maximum atomic E-state index is 13.8. The number of benzene rings is 2. The lowest BCUT2D eigenvalue weighted by molar-refractivity contribution is 0.102. The molecule has 2 fully saturated rings. The molecule has 148 valence electrons. The van der Waals surface area contributed by atoms with Crippen LogP contribution in [-0.2, 0) is 0 Å². The molecule has 2 heterocycles. The van der Waals surface area contributed by atoms with E-state index in [1.807, 2.05) is 13.0 Å². The molecule has 2 aliphatic rings. The molecule has 1 N–H and O–H groups in total. The van der Waals surface area contributed by atoms with Crippen molar-refractivity contribution < 1.29 is 9.18 Å². The molecule has 5 heteroatoms. The van der Waals surface area contributed by atoms with Gasteiger partial charge >= 0.3 is 0 Å². The summed E-state index contributed by atoms with van der Waals surface area (Å²) in [4.78, 5) is 17.5. The van der Waals surface area contributed by atoms with Crippen LogP contribution in [0.3, 0.4) is 0 Å². The van der Waals surface area contributed by atoms with E-state index in [4.69, 9.17) is 0 Å². The second-order valence-corrected chi connectivity index (χ2v) is 8.05. The Balaban J connectivity index is 1.43. The summed E-state index contributed by atoms with van der Waals surface area (Å²) < 4.78 is 13.8. The van der Waals surface area contributed by atoms with Crippen molar-refractivity contribution in [2.45, 2.75) is 45.2 Å². The maximum absolute atomic E-state index is 13.8. The number of anilines is 2. The molecule has 0 aromatic heterocycles. The SMILES string of the molecule is Cc1cc(N2CCC(N3CCCC3C)C2)ccc1NC(=O)c1ccccc1F. The molecular formula is C23H28FN3O. The highest BCUT2D eigenvalue weighted by Crippen LogP contribution is 2.30. The summed E-state index contributed by atoms with van der Waals surface area (Å²) in [5.41, 5.74) is 2.96. The van der Waals surface area contributed by atoms with E-state index >= 15 is 0 Å². The van der Waals surface area contributed by atoms with Crippen molar-refractivity contribution in [1.82, 2.24) is 4.90 Å². The molecule has 1 amide bonds. The van der Waals surface area contributed by atoms with Crippen LogP contribution in [0.1, 0.15) is 42.1 Å². The number of hydrogen-bond donors (Lipinski definition) is 1. The number of aryl methyl sites for hydroxylation is 1. The van der Waals surface area contributed by atoms with Crippen LogP contribution in [0.4, 0.5) is 15.8 Å². The minimum atomic E-state index is -0.506. The van der Waals surface area contributed by atoms with Crippen LogP contribution in [-0.4, -0.2) is 42.5 Å². The lowest BCUT2D eigenvalue weighted by Crippen LogP contribution is -2.39. The van der Waals surface area contributed by atoms with Crippen molar-refractivity contribution in [3.8, 4) is 0 Å². The highest BCUT2D eigenvalue weighted by Gasteiger charge is 2.33. The molecule has 4 rings (SSSR count). The minimum Gasteiger partial charge on any atom is -0.370 e. The minimum absolute atomic E-state index is 0.0631. The lowest BCUT2D eigenvalue weighted by atomic mass is 10.1. The number of nitrogens with one attached hydrogen (secondary N) is 1. The van der Waals surface area contributed by atoms with E-state index in [-0.39, 0.29) is 5.56 Å². The summed E-state index contributed by atoms with van der Waals surface area (Å²) in [5.74, 6) is -0.924. The van der Waals surface area contributed by atoms with E-state index in [1.165, 1.54) is 43.6 Å². The Labute approximate surface area is 166 Å². The largest absolute Gasteiger partial charge is 0.370 e. The number of carbonyl (C=O) groups excluding carboxylic acids is 1. The number of carbonyl (C=O) groups is 1. The van der Waals surface area contributed by atoms with Crippen LogP contribution in [0, 0.1) is 12.7 Å². The van der Waals surface area contributed by atoms with E-state index < -0.39 is 11.7 Å². The Kier molecular flexibility index (Phi) is 5.36. The molecule has 0 radical (unpaired) electrons. The first kappa shape index (κ1) is 18.9. The Morgan fingerprint density at radius 2 is 1.96 bits per heavy atom. The topological polar surface area (TPSA) is 35.6 Å². The molecule has 2 atom stereocenters. The van der Waals surface area contributed by atoms with Gasteiger partial charge in [0, 0.05) is 36.5 Å². The van der Waals surface area contributed by atoms with E-state index in [0.717, 1.165) is 24.3 Å². The predicted octanol–water partition coefficient (Wildman–Crippen LogP) is 4.45. The van der Waals surface area contributed by atoms with Crippen LogP contribution < -0.4 is 10.2 Å². The number of hydrogen-bond acceptors (Lipinski definition) is 3. The van der Waals surface area contributed by atoms with Crippen LogP contribution in [0.2, 0.25) is 0 Å². The van der Waals surface area contributed by atoms with Crippen LogP contribution >= 0.6 is 0 Å². The Bertz CT molecular complexity index is 869. The molecule has 2 aliphatic heterocycles. The zero-order valence-corrected chi connectivity index (χ0v) is 16.6. The zero-order chi connectivity index (χ0) is 19.7. The molecule has 2 aromatic carbocycles. The molecule has 2 saturated heterocycles. The normalized spacial score (nSPS) is 22.6. The predicted molar refractivity (Wildman–Crippen MR) is 112 cm³/mol. The van der Waals surface area contributed by atoms with Crippen molar-refractivity contribution in [3.05, 3.63) is 59.4 Å². The van der Waals surface area contributed by atoms with Crippen LogP contribution in [0.5, 0.6) is 0 Å². The zero-order valence-electron chi connectivity index (χ0n) is 16.6. The van der Waals surface area contributed by atoms with Crippen molar-refractivity contribution in [2.24, 2.45) is 0 Å². The van der Waals surface area contributed by atoms with Gasteiger partial charge in [0.15, 0.2) is 0 Å². The van der Waals surface area contributed by atoms with Crippen molar-refractivity contribution in [2.75, 3.05) is 29.9 Å². The van der Waals surface area contributed by atoms with Gasteiger partial charge in [0.1, 0.15) is 5.82 Å². The average molecular weight is 381 g/mol. The summed E-state index contributed by atoms with van der Waals surface area (Å²) in [6.45, 7) is 7.67. The summed E-state index contributed by atoms with van der Waals surface area (Å²) in [6, 6.07) is 13.5. The fourth-order valence-corrected chi connectivity index (χ4v) is 4.56. The number of amides is 1. The highest BCUT2D eigenvalue weighted by atomic mass is 19.1. The van der Waals surface area contributed by atoms with Crippen molar-refractivity contribution >= 4 is 17.3 Å². The number of nitrogens with zero attached hydrogens (tertiary/aromatic N) is 2. The third-order valence-corrected chi connectivity index (χ3v) is 6.18. The molecule has 28 heavy (non-hydrogen) atoms. The smallest absolute Gasteiger partial charge is 0.258 e. The summed E-state index contributed by atoms with van der Waals surface area (Å²) in [7, 11) is 0. The van der Waals surface area contributed by atoms with Gasteiger partial charge in [0.05, 0.1) is 5.56 Å². The Morgan fingerprint density at radius 3 is 2.68 bits per heavy atom. The quantitative estimate of drug-likeness (QED) is 0.850. The Hall–Kier alpha value is -2.40. The van der Waals surface area contributed by atoms with Gasteiger partial charge < -0.3 is 10.2 Å². The lowest BCUT2D eigenvalue weighted by Gasteiger charge is -2.28. The molecule has 2 aromatic rings. The fourth-order valence-electron chi connectivity index (χ4n) is 4.56. The second-order valence-electron chi connectivity index (χ2n) is 8.05. The van der Waals surface area contributed by atoms with E-state index in [1.54, 1.807) is 12.1 Å². The van der Waals surface area contributed by atoms with Gasteiger partial charge in [-0.1, -0.05) is 12.1 Å². The monoisotopic (exact) mass is 381 g/mol. The third kappa shape index (κ3) is 3.76. The highest BCUT2D eigenvalue weighted by molar-refractivity contribution is 6.04. The fraction of sp³-hybridized carbons (Fsp3) is 0.435. The first-order chi connectivity index (χ1) is 13.5. The molecule has 0 saturated carbocycles. The van der Waals surface area contributed by atoms with Gasteiger partial charge in [0.25, 0.3) is 5.91 Å². The molecular weight excluding hydrogens is 353 g/mol. The number of likely N-dealkylation sites (tertiary alicyclic amines) is 1. The van der Waals surface area contributed by atoms with Gasteiger partial charge in [-0.3, -0.25) is 9.69 Å². The summed E-state index contributed by atoms with van der Waals surface area (Å²) in [6.07, 6.45) is 3.83. The standard InChI is InChI=1S/C23H28FN3O/c1-16-14-18(26-13-11-19(15-26)27-12-5-6-17(27)2)9-10-22(16)25-23(28)20-7-3-4-8-21(20)24/h3-4,7-10,14,17,19H,5-6,11-13,15H2,1-2H3,(H,25,28). The van der Waals surface area contributed by atoms with E-state index in [9.17, 15) is 9.18 Å². The summed E-state index contributed by atoms with van der Waals surface area (Å²) in [5, 5.41) is 2.84. The van der Waals surface area contributed by atoms with Gasteiger partial charge in [-0.15, -0.1) is 0 Å². The molecule has 4 nitrogen and oxygen atoms in total. The van der Waals surface area contributed by atoms with E-state index in [2.05, 4.69) is 34.2 Å². The molecule has 0 bridgehead atoms. The molecule has 0 spiro atoms. The van der Waals surface area contributed by atoms with E-state index in [0.29, 0.717) is 12.1 Å². The van der Waals surface area contributed by atoms with Crippen molar-refractivity contribution in [1.29, 1.82) is 0 Å². The number of rotatable bonds is 4. The molecule has 0 aliphatic carbocycles. The second kappa shape index (κ2) is 7.92. The molecule has 2 unspecified atom stereocenters. The van der Waals surface area contributed by atoms with Crippen LogP contribution in [0.15, 0.2) is 42.5 Å². The maximum Gasteiger partial charge on any atom is 0.258 e. The number of halogens is 1.